The first kappa shape index (κ1) is 37.9. The van der Waals surface area contributed by atoms with Crippen molar-refractivity contribution in [2.75, 3.05) is 0 Å². The standard InChI is InChI=1S/C25H20O4.C23H24O3/c26-21-9-1-17(2-10-21)25(18-3-11-22(27)12-4-18,19-5-13-23(28)14-6-19)20-7-15-24(29)16-8-20;1-14-4-6-21(24)17(8-14)12-19-10-16(3)11-20(23(19)26)13-18-9-15(2)5-7-22(18)25/h1-16,26-29H;4-11,24-26H,12-13H2,1-3H3. The Morgan fingerprint density at radius 1 is 0.327 bits per heavy atom. The minimum absolute atomic E-state index is 0.157. The van der Waals surface area contributed by atoms with E-state index < -0.39 is 5.41 Å². The van der Waals surface area contributed by atoms with Crippen LogP contribution < -0.4 is 0 Å². The molecule has 0 aliphatic carbocycles. The highest BCUT2D eigenvalue weighted by Crippen LogP contribution is 2.46. The van der Waals surface area contributed by atoms with E-state index in [4.69, 9.17) is 0 Å². The average Bonchev–Trinajstić information content (AvgIpc) is 3.16. The van der Waals surface area contributed by atoms with Crippen molar-refractivity contribution in [2.24, 2.45) is 0 Å². The van der Waals surface area contributed by atoms with Crippen LogP contribution in [-0.4, -0.2) is 35.7 Å². The normalized spacial score (nSPS) is 11.1. The van der Waals surface area contributed by atoms with Gasteiger partial charge in [0.1, 0.15) is 40.2 Å². The van der Waals surface area contributed by atoms with Crippen LogP contribution in [-0.2, 0) is 18.3 Å². The Morgan fingerprint density at radius 3 is 0.891 bits per heavy atom. The lowest BCUT2D eigenvalue weighted by Crippen LogP contribution is -2.30. The zero-order valence-corrected chi connectivity index (χ0v) is 30.9. The summed E-state index contributed by atoms with van der Waals surface area (Å²) < 4.78 is 0. The van der Waals surface area contributed by atoms with E-state index >= 15 is 0 Å². The highest BCUT2D eigenvalue weighted by atomic mass is 16.3. The Labute approximate surface area is 321 Å². The third-order valence-corrected chi connectivity index (χ3v) is 9.85. The molecule has 0 unspecified atom stereocenters. The van der Waals surface area contributed by atoms with Gasteiger partial charge in [0, 0.05) is 12.8 Å². The number of aryl methyl sites for hydroxylation is 3. The van der Waals surface area contributed by atoms with Gasteiger partial charge in [0.25, 0.3) is 0 Å². The van der Waals surface area contributed by atoms with Crippen molar-refractivity contribution in [1.82, 2.24) is 0 Å². The first-order chi connectivity index (χ1) is 26.3. The molecule has 7 rings (SSSR count). The predicted molar refractivity (Wildman–Crippen MR) is 216 cm³/mol. The fraction of sp³-hybridized carbons (Fsp3) is 0.125. The second-order valence-electron chi connectivity index (χ2n) is 14.0. The van der Waals surface area contributed by atoms with E-state index in [1.165, 1.54) is 0 Å². The molecular formula is C48H44O7. The topological polar surface area (TPSA) is 142 Å². The third kappa shape index (κ3) is 8.37. The van der Waals surface area contributed by atoms with E-state index in [-0.39, 0.29) is 40.2 Å². The maximum absolute atomic E-state index is 10.8. The summed E-state index contributed by atoms with van der Waals surface area (Å²) in [6.07, 6.45) is 0.904. The van der Waals surface area contributed by atoms with Gasteiger partial charge < -0.3 is 35.7 Å². The summed E-state index contributed by atoms with van der Waals surface area (Å²) in [6.45, 7) is 5.94. The van der Waals surface area contributed by atoms with Gasteiger partial charge in [-0.2, -0.15) is 0 Å². The van der Waals surface area contributed by atoms with Crippen molar-refractivity contribution in [2.45, 2.75) is 39.0 Å². The van der Waals surface area contributed by atoms with E-state index in [0.717, 1.165) is 61.2 Å². The summed E-state index contributed by atoms with van der Waals surface area (Å²) in [4.78, 5) is 0. The molecule has 7 aromatic rings. The second kappa shape index (κ2) is 16.0. The van der Waals surface area contributed by atoms with E-state index in [9.17, 15) is 35.7 Å². The van der Waals surface area contributed by atoms with Crippen LogP contribution >= 0.6 is 0 Å². The minimum Gasteiger partial charge on any atom is -0.508 e. The molecule has 0 fully saturated rings. The van der Waals surface area contributed by atoms with Crippen LogP contribution in [0.25, 0.3) is 0 Å². The highest BCUT2D eigenvalue weighted by Gasteiger charge is 2.38. The fourth-order valence-electron chi connectivity index (χ4n) is 7.17. The maximum atomic E-state index is 10.8. The van der Waals surface area contributed by atoms with Gasteiger partial charge in [-0.1, -0.05) is 102 Å². The Hall–Kier alpha value is -6.86. The van der Waals surface area contributed by atoms with E-state index in [0.29, 0.717) is 12.8 Å². The SMILES string of the molecule is Cc1ccc(O)c(Cc2cc(C)cc(Cc3cc(C)ccc3O)c2O)c1.Oc1ccc(C(c2ccc(O)cc2)(c2ccc(O)cc2)c2ccc(O)cc2)cc1. The molecule has 0 saturated heterocycles. The van der Waals surface area contributed by atoms with Crippen molar-refractivity contribution in [3.63, 3.8) is 0 Å². The number of benzene rings is 7. The fourth-order valence-corrected chi connectivity index (χ4v) is 7.17. The summed E-state index contributed by atoms with van der Waals surface area (Å²) in [7, 11) is 0. The summed E-state index contributed by atoms with van der Waals surface area (Å²) in [5.41, 5.74) is 9.02. The van der Waals surface area contributed by atoms with Crippen LogP contribution in [0.1, 0.15) is 61.2 Å². The van der Waals surface area contributed by atoms with Gasteiger partial charge >= 0.3 is 0 Å². The molecule has 0 amide bonds. The van der Waals surface area contributed by atoms with Crippen molar-refractivity contribution >= 4 is 0 Å². The minimum atomic E-state index is -0.803. The van der Waals surface area contributed by atoms with Crippen LogP contribution in [0.5, 0.6) is 40.2 Å². The van der Waals surface area contributed by atoms with Crippen LogP contribution in [0, 0.1) is 20.8 Å². The quantitative estimate of drug-likeness (QED) is 0.0772. The molecule has 7 N–H and O–H groups in total. The number of aromatic hydroxyl groups is 7. The Balaban J connectivity index is 0.000000188. The van der Waals surface area contributed by atoms with Gasteiger partial charge in [-0.15, -0.1) is 0 Å². The highest BCUT2D eigenvalue weighted by molar-refractivity contribution is 5.61. The smallest absolute Gasteiger partial charge is 0.122 e. The maximum Gasteiger partial charge on any atom is 0.122 e. The van der Waals surface area contributed by atoms with E-state index in [1.807, 2.05) is 106 Å². The molecule has 7 aromatic carbocycles. The summed E-state index contributed by atoms with van der Waals surface area (Å²) in [5, 5.41) is 70.4. The monoisotopic (exact) mass is 732 g/mol. The lowest BCUT2D eigenvalue weighted by molar-refractivity contribution is 0.456. The van der Waals surface area contributed by atoms with E-state index in [1.54, 1.807) is 60.7 Å². The first-order valence-electron chi connectivity index (χ1n) is 17.9. The molecular weight excluding hydrogens is 689 g/mol. The van der Waals surface area contributed by atoms with Gasteiger partial charge in [-0.05, 0) is 126 Å². The Bertz CT molecular complexity index is 2140. The van der Waals surface area contributed by atoms with Crippen LogP contribution in [0.15, 0.2) is 146 Å². The summed E-state index contributed by atoms with van der Waals surface area (Å²) >= 11 is 0. The molecule has 7 heteroatoms. The van der Waals surface area contributed by atoms with Crippen molar-refractivity contribution < 1.29 is 35.7 Å². The van der Waals surface area contributed by atoms with E-state index in [2.05, 4.69) is 0 Å². The molecule has 0 heterocycles. The van der Waals surface area contributed by atoms with Crippen LogP contribution in [0.4, 0.5) is 0 Å². The van der Waals surface area contributed by atoms with Gasteiger partial charge in [-0.3, -0.25) is 0 Å². The van der Waals surface area contributed by atoms with Crippen LogP contribution in [0.3, 0.4) is 0 Å². The molecule has 55 heavy (non-hydrogen) atoms. The Kier molecular flexibility index (Phi) is 11.0. The average molecular weight is 733 g/mol. The molecule has 0 aromatic heterocycles. The lowest BCUT2D eigenvalue weighted by atomic mass is 9.65. The predicted octanol–water partition coefficient (Wildman–Crippen LogP) is 9.80. The third-order valence-electron chi connectivity index (χ3n) is 9.85. The largest absolute Gasteiger partial charge is 0.508 e. The molecule has 0 aliphatic heterocycles. The molecule has 0 saturated carbocycles. The van der Waals surface area contributed by atoms with Gasteiger partial charge in [-0.25, -0.2) is 0 Å². The van der Waals surface area contributed by atoms with Gasteiger partial charge in [0.05, 0.1) is 5.41 Å². The molecule has 0 atom stereocenters. The second-order valence-corrected chi connectivity index (χ2v) is 14.0. The van der Waals surface area contributed by atoms with Crippen molar-refractivity contribution in [3.8, 4) is 40.2 Å². The number of hydrogen-bond acceptors (Lipinski definition) is 7. The molecule has 0 spiro atoms. The lowest BCUT2D eigenvalue weighted by Gasteiger charge is -2.37. The van der Waals surface area contributed by atoms with Crippen molar-refractivity contribution in [3.05, 3.63) is 207 Å². The number of hydrogen-bond donors (Lipinski definition) is 7. The van der Waals surface area contributed by atoms with Crippen LogP contribution in [0.2, 0.25) is 0 Å². The van der Waals surface area contributed by atoms with Crippen molar-refractivity contribution in [1.29, 1.82) is 0 Å². The molecule has 0 bridgehead atoms. The summed E-state index contributed by atoms with van der Waals surface area (Å²) in [5.74, 6) is 1.31. The molecule has 0 radical (unpaired) electrons. The number of phenols is 7. The molecule has 0 aliphatic rings. The van der Waals surface area contributed by atoms with Gasteiger partial charge in [0.2, 0.25) is 0 Å². The van der Waals surface area contributed by atoms with Gasteiger partial charge in [0.15, 0.2) is 0 Å². The number of rotatable bonds is 8. The summed E-state index contributed by atoms with van der Waals surface area (Å²) in [6, 6.07) is 42.7. The Morgan fingerprint density at radius 2 is 0.600 bits per heavy atom. The molecule has 7 nitrogen and oxygen atoms in total. The zero-order chi connectivity index (χ0) is 39.3. The number of phenolic OH excluding ortho intramolecular Hbond substituents is 7. The zero-order valence-electron chi connectivity index (χ0n) is 30.9. The molecule has 278 valence electrons. The first-order valence-corrected chi connectivity index (χ1v) is 17.9.